The van der Waals surface area contributed by atoms with Crippen LogP contribution in [0.15, 0.2) is 0 Å². The topological polar surface area (TPSA) is 60.9 Å². The van der Waals surface area contributed by atoms with Crippen molar-refractivity contribution in [3.05, 3.63) is 0 Å². The van der Waals surface area contributed by atoms with Gasteiger partial charge in [-0.2, -0.15) is 0 Å². The van der Waals surface area contributed by atoms with Gasteiger partial charge in [0.2, 0.25) is 17.7 Å². The molecule has 0 aromatic rings. The Balaban J connectivity index is 1.08. The Morgan fingerprint density at radius 1 is 0.606 bits per heavy atom. The summed E-state index contributed by atoms with van der Waals surface area (Å²) in [4.78, 5) is 46.4. The molecule has 33 heavy (non-hydrogen) atoms. The molecule has 7 aliphatic rings. The third-order valence-electron chi connectivity index (χ3n) is 10.1. The zero-order chi connectivity index (χ0) is 22.6. The average molecular weight is 456 g/mol. The van der Waals surface area contributed by atoms with Crippen LogP contribution in [0.25, 0.3) is 0 Å². The molecule has 182 valence electrons. The number of hydrogen-bond acceptors (Lipinski definition) is 3. The van der Waals surface area contributed by atoms with E-state index in [1.165, 1.54) is 25.7 Å². The number of carbonyl (C=O) groups is 3. The fourth-order valence-electron chi connectivity index (χ4n) is 8.87. The molecular formula is C27H41N3O3. The molecular weight excluding hydrogens is 414 g/mol. The third-order valence-corrected chi connectivity index (χ3v) is 10.1. The van der Waals surface area contributed by atoms with E-state index in [-0.39, 0.29) is 23.3 Å². The molecule has 7 fully saturated rings. The average Bonchev–Trinajstić information content (AvgIpc) is 3.32. The molecule has 0 aromatic heterocycles. The zero-order valence-corrected chi connectivity index (χ0v) is 20.2. The molecule has 1 atom stereocenters. The lowest BCUT2D eigenvalue weighted by Crippen LogP contribution is -2.58. The molecule has 0 spiro atoms. The van der Waals surface area contributed by atoms with Gasteiger partial charge in [0.05, 0.1) is 5.41 Å². The van der Waals surface area contributed by atoms with Gasteiger partial charge in [0, 0.05) is 38.6 Å². The van der Waals surface area contributed by atoms with Gasteiger partial charge in [-0.25, -0.2) is 0 Å². The number of likely N-dealkylation sites (tertiary alicyclic amines) is 3. The van der Waals surface area contributed by atoms with Gasteiger partial charge < -0.3 is 14.7 Å². The quantitative estimate of drug-likeness (QED) is 0.655. The number of carbonyl (C=O) groups excluding carboxylic acids is 3. The van der Waals surface area contributed by atoms with Crippen molar-refractivity contribution in [3.63, 3.8) is 0 Å². The number of hydrogen-bond donors (Lipinski definition) is 0. The SMILES string of the molecule is O=C(C1CCN(C(=O)C2CCCN2C(=O)C23CC4CC(CC(C4)C2)C3)CC1)N1CCCCC1. The molecule has 0 N–H and O–H groups in total. The normalized spacial score (nSPS) is 38.7. The molecule has 0 aromatic carbocycles. The lowest BCUT2D eigenvalue weighted by atomic mass is 9.49. The van der Waals surface area contributed by atoms with Crippen molar-refractivity contribution < 1.29 is 14.4 Å². The van der Waals surface area contributed by atoms with Crippen molar-refractivity contribution in [2.24, 2.45) is 29.1 Å². The van der Waals surface area contributed by atoms with E-state index < -0.39 is 0 Å². The van der Waals surface area contributed by atoms with E-state index in [1.54, 1.807) is 0 Å². The second-order valence-corrected chi connectivity index (χ2v) is 12.3. The van der Waals surface area contributed by atoms with E-state index in [0.29, 0.717) is 24.9 Å². The molecule has 4 aliphatic carbocycles. The van der Waals surface area contributed by atoms with E-state index in [2.05, 4.69) is 4.90 Å². The summed E-state index contributed by atoms with van der Waals surface area (Å²) in [6.07, 6.45) is 14.0. The number of rotatable bonds is 3. The minimum Gasteiger partial charge on any atom is -0.342 e. The highest BCUT2D eigenvalue weighted by molar-refractivity contribution is 5.91. The van der Waals surface area contributed by atoms with Crippen LogP contribution in [0.5, 0.6) is 0 Å². The molecule has 3 saturated heterocycles. The summed E-state index contributed by atoms with van der Waals surface area (Å²) in [6, 6.07) is -0.264. The van der Waals surface area contributed by atoms with Gasteiger partial charge in [0.1, 0.15) is 6.04 Å². The number of nitrogens with zero attached hydrogens (tertiary/aromatic N) is 3. The van der Waals surface area contributed by atoms with Crippen LogP contribution >= 0.6 is 0 Å². The highest BCUT2D eigenvalue weighted by Crippen LogP contribution is 2.60. The van der Waals surface area contributed by atoms with Crippen molar-refractivity contribution in [1.82, 2.24) is 14.7 Å². The van der Waals surface area contributed by atoms with Gasteiger partial charge in [0.25, 0.3) is 0 Å². The zero-order valence-electron chi connectivity index (χ0n) is 20.2. The summed E-state index contributed by atoms with van der Waals surface area (Å²) in [5, 5.41) is 0. The van der Waals surface area contributed by atoms with Crippen LogP contribution in [-0.2, 0) is 14.4 Å². The first kappa shape index (κ1) is 21.9. The Bertz CT molecular complexity index is 761. The second kappa shape index (κ2) is 8.57. The molecule has 3 heterocycles. The molecule has 7 rings (SSSR count). The highest BCUT2D eigenvalue weighted by atomic mass is 16.2. The summed E-state index contributed by atoms with van der Waals surface area (Å²) in [7, 11) is 0. The first-order valence-electron chi connectivity index (χ1n) is 13.9. The Morgan fingerprint density at radius 2 is 1.18 bits per heavy atom. The first-order chi connectivity index (χ1) is 16.0. The van der Waals surface area contributed by atoms with Crippen LogP contribution in [0.1, 0.15) is 83.5 Å². The fourth-order valence-corrected chi connectivity index (χ4v) is 8.87. The van der Waals surface area contributed by atoms with Gasteiger partial charge in [-0.05, 0) is 101 Å². The van der Waals surface area contributed by atoms with E-state index in [1.807, 2.05) is 9.80 Å². The Labute approximate surface area is 198 Å². The molecule has 1 unspecified atom stereocenters. The fraction of sp³-hybridized carbons (Fsp3) is 0.889. The van der Waals surface area contributed by atoms with Gasteiger partial charge in [0.15, 0.2) is 0 Å². The van der Waals surface area contributed by atoms with E-state index >= 15 is 0 Å². The van der Waals surface area contributed by atoms with Crippen molar-refractivity contribution in [2.75, 3.05) is 32.7 Å². The van der Waals surface area contributed by atoms with E-state index in [0.717, 1.165) is 95.2 Å². The van der Waals surface area contributed by atoms with Crippen LogP contribution in [0.2, 0.25) is 0 Å². The largest absolute Gasteiger partial charge is 0.342 e. The van der Waals surface area contributed by atoms with Gasteiger partial charge in [-0.3, -0.25) is 14.4 Å². The van der Waals surface area contributed by atoms with Gasteiger partial charge in [-0.15, -0.1) is 0 Å². The van der Waals surface area contributed by atoms with E-state index in [4.69, 9.17) is 0 Å². The standard InChI is InChI=1S/C27H41N3O3/c31-24(28-8-2-1-3-9-28)22-6-11-29(12-7-22)25(32)23-5-4-10-30(23)26(33)27-16-19-13-20(17-27)15-21(14-19)18-27/h19-23H,1-18H2. The van der Waals surface area contributed by atoms with Crippen LogP contribution in [0, 0.1) is 29.1 Å². The minimum atomic E-state index is -0.264. The minimum absolute atomic E-state index is 0.0699. The molecule has 6 heteroatoms. The predicted molar refractivity (Wildman–Crippen MR) is 125 cm³/mol. The number of amides is 3. The molecule has 4 bridgehead atoms. The van der Waals surface area contributed by atoms with Crippen LogP contribution in [-0.4, -0.2) is 71.2 Å². The molecule has 0 radical (unpaired) electrons. The van der Waals surface area contributed by atoms with E-state index in [9.17, 15) is 14.4 Å². The lowest BCUT2D eigenvalue weighted by Gasteiger charge is -2.56. The maximum Gasteiger partial charge on any atom is 0.245 e. The lowest BCUT2D eigenvalue weighted by molar-refractivity contribution is -0.162. The second-order valence-electron chi connectivity index (χ2n) is 12.3. The summed E-state index contributed by atoms with van der Waals surface area (Å²) in [5.74, 6) is 3.07. The Kier molecular flexibility index (Phi) is 5.69. The number of piperidine rings is 2. The van der Waals surface area contributed by atoms with Crippen LogP contribution in [0.3, 0.4) is 0 Å². The molecule has 3 amide bonds. The van der Waals surface area contributed by atoms with Crippen molar-refractivity contribution in [1.29, 1.82) is 0 Å². The summed E-state index contributed by atoms with van der Waals surface area (Å²) in [5.41, 5.74) is -0.161. The highest BCUT2D eigenvalue weighted by Gasteiger charge is 2.57. The van der Waals surface area contributed by atoms with Crippen LogP contribution < -0.4 is 0 Å². The van der Waals surface area contributed by atoms with Gasteiger partial charge in [-0.1, -0.05) is 0 Å². The predicted octanol–water partition coefficient (Wildman–Crippen LogP) is 3.44. The Hall–Kier alpha value is -1.59. The first-order valence-corrected chi connectivity index (χ1v) is 13.9. The smallest absolute Gasteiger partial charge is 0.245 e. The Morgan fingerprint density at radius 3 is 1.79 bits per heavy atom. The van der Waals surface area contributed by atoms with Crippen molar-refractivity contribution in [3.8, 4) is 0 Å². The van der Waals surface area contributed by atoms with Gasteiger partial charge >= 0.3 is 0 Å². The summed E-state index contributed by atoms with van der Waals surface area (Å²) >= 11 is 0. The van der Waals surface area contributed by atoms with Crippen molar-refractivity contribution in [2.45, 2.75) is 89.5 Å². The monoisotopic (exact) mass is 455 g/mol. The molecule has 6 nitrogen and oxygen atoms in total. The maximum absolute atomic E-state index is 13.9. The summed E-state index contributed by atoms with van der Waals surface area (Å²) in [6.45, 7) is 3.89. The third kappa shape index (κ3) is 3.89. The molecule has 3 aliphatic heterocycles. The maximum atomic E-state index is 13.9. The molecule has 4 saturated carbocycles. The van der Waals surface area contributed by atoms with Crippen LogP contribution in [0.4, 0.5) is 0 Å². The summed E-state index contributed by atoms with van der Waals surface area (Å²) < 4.78 is 0. The van der Waals surface area contributed by atoms with Crippen molar-refractivity contribution >= 4 is 17.7 Å².